The minimum atomic E-state index is -0.250. The largest absolute Gasteiger partial charge is 0.493 e. The summed E-state index contributed by atoms with van der Waals surface area (Å²) >= 11 is 0. The number of carbonyl (C=O) groups excluding carboxylic acids is 2. The molecule has 1 heterocycles. The molecule has 2 amide bonds. The van der Waals surface area contributed by atoms with Crippen molar-refractivity contribution in [2.24, 2.45) is 5.92 Å². The first-order valence-corrected chi connectivity index (χ1v) is 12.5. The summed E-state index contributed by atoms with van der Waals surface area (Å²) in [5.41, 5.74) is 2.42. The summed E-state index contributed by atoms with van der Waals surface area (Å²) in [7, 11) is 3.17. The Morgan fingerprint density at radius 3 is 2.39 bits per heavy atom. The zero-order valence-corrected chi connectivity index (χ0v) is 20.8. The number of methoxy groups -OCH3 is 2. The van der Waals surface area contributed by atoms with E-state index in [1.165, 1.54) is 0 Å². The van der Waals surface area contributed by atoms with Gasteiger partial charge in [-0.25, -0.2) is 4.98 Å². The highest BCUT2D eigenvalue weighted by Crippen LogP contribution is 2.34. The van der Waals surface area contributed by atoms with Gasteiger partial charge in [0.2, 0.25) is 17.8 Å². The molecule has 188 valence electrons. The molecule has 5 rings (SSSR count). The first-order valence-electron chi connectivity index (χ1n) is 12.5. The van der Waals surface area contributed by atoms with E-state index < -0.39 is 0 Å². The van der Waals surface area contributed by atoms with Gasteiger partial charge < -0.3 is 14.4 Å². The number of amides is 2. The Morgan fingerprint density at radius 1 is 1.00 bits per heavy atom. The van der Waals surface area contributed by atoms with Gasteiger partial charge in [0.1, 0.15) is 6.54 Å². The molecule has 8 heteroatoms. The lowest BCUT2D eigenvalue weighted by atomic mass is 10.1. The molecule has 0 atom stereocenters. The zero-order chi connectivity index (χ0) is 25.1. The molecule has 0 saturated heterocycles. The number of nitrogens with zero attached hydrogens (tertiary/aromatic N) is 3. The minimum Gasteiger partial charge on any atom is -0.493 e. The summed E-state index contributed by atoms with van der Waals surface area (Å²) in [5.74, 6) is 1.50. The third-order valence-electron chi connectivity index (χ3n) is 6.96. The Kier molecular flexibility index (Phi) is 6.93. The number of ether oxygens (including phenoxy) is 2. The first kappa shape index (κ1) is 23.9. The van der Waals surface area contributed by atoms with Crippen LogP contribution in [0, 0.1) is 5.92 Å². The SMILES string of the molecule is COc1ccc(-n2cc(-c3ccccc3)nc2NC(=O)CN(C(=O)C2CCCC2)C2CC2)cc1OC. The number of benzene rings is 2. The molecule has 0 bridgehead atoms. The number of hydrogen-bond donors (Lipinski definition) is 1. The van der Waals surface area contributed by atoms with Gasteiger partial charge in [0, 0.05) is 29.8 Å². The van der Waals surface area contributed by atoms with Crippen molar-refractivity contribution in [3.05, 3.63) is 54.7 Å². The van der Waals surface area contributed by atoms with E-state index in [4.69, 9.17) is 14.5 Å². The monoisotopic (exact) mass is 488 g/mol. The number of aromatic nitrogens is 2. The molecule has 8 nitrogen and oxygen atoms in total. The molecule has 36 heavy (non-hydrogen) atoms. The standard InChI is InChI=1S/C28H32N4O4/c1-35-24-15-14-22(16-25(24)36-2)32-17-23(19-8-4-3-5-9-19)29-28(32)30-26(33)18-31(21-12-13-21)27(34)20-10-6-7-11-20/h3-5,8-9,14-17,20-21H,6-7,10-13,18H2,1-2H3,(H,29,30,33). The molecule has 3 aromatic rings. The fourth-order valence-electron chi connectivity index (χ4n) is 4.89. The average molecular weight is 489 g/mol. The van der Waals surface area contributed by atoms with Crippen LogP contribution in [0.5, 0.6) is 11.5 Å². The summed E-state index contributed by atoms with van der Waals surface area (Å²) in [5, 5.41) is 2.97. The lowest BCUT2D eigenvalue weighted by molar-refractivity contribution is -0.138. The van der Waals surface area contributed by atoms with E-state index in [2.05, 4.69) is 5.32 Å². The van der Waals surface area contributed by atoms with Crippen LogP contribution in [-0.4, -0.2) is 53.1 Å². The summed E-state index contributed by atoms with van der Waals surface area (Å²) < 4.78 is 12.7. The van der Waals surface area contributed by atoms with Crippen LogP contribution >= 0.6 is 0 Å². The predicted molar refractivity (Wildman–Crippen MR) is 137 cm³/mol. The highest BCUT2D eigenvalue weighted by Gasteiger charge is 2.37. The van der Waals surface area contributed by atoms with Crippen molar-refractivity contribution >= 4 is 17.8 Å². The molecule has 2 aliphatic carbocycles. The quantitative estimate of drug-likeness (QED) is 0.473. The van der Waals surface area contributed by atoms with Crippen molar-refractivity contribution in [1.82, 2.24) is 14.5 Å². The summed E-state index contributed by atoms with van der Waals surface area (Å²) in [4.78, 5) is 32.9. The van der Waals surface area contributed by atoms with Crippen molar-refractivity contribution in [3.63, 3.8) is 0 Å². The molecular weight excluding hydrogens is 456 g/mol. The lowest BCUT2D eigenvalue weighted by Gasteiger charge is -2.25. The third-order valence-corrected chi connectivity index (χ3v) is 6.96. The third kappa shape index (κ3) is 5.08. The van der Waals surface area contributed by atoms with E-state index in [9.17, 15) is 9.59 Å². The molecule has 0 spiro atoms. The van der Waals surface area contributed by atoms with Crippen LogP contribution in [0.3, 0.4) is 0 Å². The van der Waals surface area contributed by atoms with Crippen LogP contribution in [0.15, 0.2) is 54.7 Å². The number of nitrogens with one attached hydrogen (secondary N) is 1. The van der Waals surface area contributed by atoms with Gasteiger partial charge in [-0.3, -0.25) is 19.5 Å². The van der Waals surface area contributed by atoms with Gasteiger partial charge in [0.25, 0.3) is 0 Å². The molecule has 1 N–H and O–H groups in total. The molecule has 0 aliphatic heterocycles. The Labute approximate surface area is 211 Å². The van der Waals surface area contributed by atoms with Crippen LogP contribution in [0.4, 0.5) is 5.95 Å². The van der Waals surface area contributed by atoms with Crippen molar-refractivity contribution in [2.45, 2.75) is 44.6 Å². The van der Waals surface area contributed by atoms with Crippen LogP contribution < -0.4 is 14.8 Å². The van der Waals surface area contributed by atoms with E-state index in [0.717, 1.165) is 55.5 Å². The molecule has 1 aromatic heterocycles. The highest BCUT2D eigenvalue weighted by atomic mass is 16.5. The van der Waals surface area contributed by atoms with Crippen molar-refractivity contribution in [3.8, 4) is 28.4 Å². The van der Waals surface area contributed by atoms with Gasteiger partial charge in [-0.2, -0.15) is 0 Å². The molecule has 0 unspecified atom stereocenters. The Bertz CT molecular complexity index is 1230. The number of imidazole rings is 1. The van der Waals surface area contributed by atoms with Gasteiger partial charge in [0.15, 0.2) is 11.5 Å². The predicted octanol–water partition coefficient (Wildman–Crippen LogP) is 4.68. The Morgan fingerprint density at radius 2 is 1.72 bits per heavy atom. The van der Waals surface area contributed by atoms with Crippen molar-refractivity contribution in [1.29, 1.82) is 0 Å². The van der Waals surface area contributed by atoms with Gasteiger partial charge in [-0.05, 0) is 37.8 Å². The fraction of sp³-hybridized carbons (Fsp3) is 0.393. The Balaban J connectivity index is 1.43. The van der Waals surface area contributed by atoms with E-state index >= 15 is 0 Å². The molecular formula is C28H32N4O4. The maximum Gasteiger partial charge on any atom is 0.246 e. The van der Waals surface area contributed by atoms with Gasteiger partial charge in [-0.15, -0.1) is 0 Å². The van der Waals surface area contributed by atoms with Crippen molar-refractivity contribution < 1.29 is 19.1 Å². The molecule has 2 saturated carbocycles. The van der Waals surface area contributed by atoms with E-state index in [0.29, 0.717) is 17.4 Å². The second-order valence-corrected chi connectivity index (χ2v) is 9.45. The second-order valence-electron chi connectivity index (χ2n) is 9.45. The summed E-state index contributed by atoms with van der Waals surface area (Å²) in [6.45, 7) is 0.0411. The first-order chi connectivity index (χ1) is 17.6. The molecule has 2 aliphatic rings. The molecule has 0 radical (unpaired) electrons. The van der Waals surface area contributed by atoms with E-state index in [1.807, 2.05) is 59.3 Å². The van der Waals surface area contributed by atoms with Gasteiger partial charge in [-0.1, -0.05) is 43.2 Å². The average Bonchev–Trinajstić information content (AvgIpc) is 3.43. The normalized spacial score (nSPS) is 15.5. The van der Waals surface area contributed by atoms with Crippen molar-refractivity contribution in [2.75, 3.05) is 26.1 Å². The number of anilines is 1. The maximum absolute atomic E-state index is 13.2. The smallest absolute Gasteiger partial charge is 0.246 e. The summed E-state index contributed by atoms with van der Waals surface area (Å²) in [6.07, 6.45) is 7.84. The highest BCUT2D eigenvalue weighted by molar-refractivity contribution is 5.94. The maximum atomic E-state index is 13.2. The van der Waals surface area contributed by atoms with Gasteiger partial charge in [0.05, 0.1) is 25.6 Å². The fourth-order valence-corrected chi connectivity index (χ4v) is 4.89. The van der Waals surface area contributed by atoms with Crippen LogP contribution in [0.2, 0.25) is 0 Å². The van der Waals surface area contributed by atoms with E-state index in [1.54, 1.807) is 19.1 Å². The topological polar surface area (TPSA) is 85.7 Å². The molecule has 2 fully saturated rings. The van der Waals surface area contributed by atoms with Crippen LogP contribution in [0.25, 0.3) is 16.9 Å². The van der Waals surface area contributed by atoms with Crippen LogP contribution in [0.1, 0.15) is 38.5 Å². The van der Waals surface area contributed by atoms with Gasteiger partial charge >= 0.3 is 0 Å². The van der Waals surface area contributed by atoms with Crippen LogP contribution in [-0.2, 0) is 9.59 Å². The Hall–Kier alpha value is -3.81. The number of hydrogen-bond acceptors (Lipinski definition) is 5. The number of carbonyl (C=O) groups is 2. The molecule has 2 aromatic carbocycles. The summed E-state index contributed by atoms with van der Waals surface area (Å²) in [6, 6.07) is 15.5. The van der Waals surface area contributed by atoms with E-state index in [-0.39, 0.29) is 30.3 Å². The minimum absolute atomic E-state index is 0.0411. The number of rotatable bonds is 9. The zero-order valence-electron chi connectivity index (χ0n) is 20.8. The second kappa shape index (κ2) is 10.4. The lowest BCUT2D eigenvalue weighted by Crippen LogP contribution is -2.42.